The molecule has 2 aliphatic rings. The van der Waals surface area contributed by atoms with E-state index in [0.717, 1.165) is 24.5 Å². The maximum atomic E-state index is 15.1. The van der Waals surface area contributed by atoms with Crippen LogP contribution in [0.5, 0.6) is 0 Å². The first-order valence-electron chi connectivity index (χ1n) is 10.0. The van der Waals surface area contributed by atoms with E-state index >= 15 is 4.39 Å². The second-order valence-corrected chi connectivity index (χ2v) is 11.2. The van der Waals surface area contributed by atoms with Crippen LogP contribution < -0.4 is 5.32 Å². The van der Waals surface area contributed by atoms with E-state index in [1.165, 1.54) is 19.1 Å². The topological polar surface area (TPSA) is 128 Å². The molecule has 13 heteroatoms. The molecule has 1 amide bonds. The Kier molecular flexibility index (Phi) is 6.13. The van der Waals surface area contributed by atoms with Gasteiger partial charge in [-0.25, -0.2) is 27.9 Å². The molecule has 8 nitrogen and oxygen atoms in total. The average Bonchev–Trinajstić information content (AvgIpc) is 2.97. The monoisotopic (exact) mass is 516 g/mol. The Bertz CT molecular complexity index is 1210. The number of halogens is 4. The van der Waals surface area contributed by atoms with E-state index in [2.05, 4.69) is 15.0 Å². The Balaban J connectivity index is 1.84. The van der Waals surface area contributed by atoms with Gasteiger partial charge in [0.15, 0.2) is 5.83 Å². The van der Waals surface area contributed by atoms with E-state index in [-0.39, 0.29) is 34.8 Å². The van der Waals surface area contributed by atoms with Gasteiger partial charge in [0.25, 0.3) is 0 Å². The number of aliphatic imine (C=N–C) groups is 1. The first-order valence-corrected chi connectivity index (χ1v) is 12.0. The minimum Gasteiger partial charge on any atom is -0.465 e. The Morgan fingerprint density at radius 2 is 2.09 bits per heavy atom. The molecule has 34 heavy (non-hydrogen) atoms. The van der Waals surface area contributed by atoms with Gasteiger partial charge in [-0.2, -0.15) is 10.6 Å². The second-order valence-electron chi connectivity index (χ2n) is 8.24. The molecule has 0 radical (unpaired) electrons. The Morgan fingerprint density at radius 3 is 2.71 bits per heavy atom. The van der Waals surface area contributed by atoms with E-state index in [1.54, 1.807) is 0 Å². The number of nitrogens with one attached hydrogen (secondary N) is 1. The molecule has 1 aromatic heterocycles. The lowest BCUT2D eigenvalue weighted by molar-refractivity contribution is 0.199. The van der Waals surface area contributed by atoms with Crippen LogP contribution in [-0.4, -0.2) is 52.8 Å². The number of benzene rings is 1. The molecule has 2 aromatic rings. The van der Waals surface area contributed by atoms with Gasteiger partial charge >= 0.3 is 6.09 Å². The van der Waals surface area contributed by atoms with Gasteiger partial charge in [0, 0.05) is 5.56 Å². The fourth-order valence-corrected chi connectivity index (χ4v) is 7.45. The summed E-state index contributed by atoms with van der Waals surface area (Å²) < 4.78 is 64.1. The van der Waals surface area contributed by atoms with Crippen molar-refractivity contribution in [3.8, 4) is 0 Å². The van der Waals surface area contributed by atoms with Crippen molar-refractivity contribution in [2.45, 2.75) is 35.3 Å². The molecule has 4 rings (SSSR count). The van der Waals surface area contributed by atoms with Crippen molar-refractivity contribution >= 4 is 46.0 Å². The Labute approximate surface area is 199 Å². The lowest BCUT2D eigenvalue weighted by Crippen LogP contribution is -2.58. The fraction of sp³-hybridized carbons (Fsp3) is 0.333. The summed E-state index contributed by atoms with van der Waals surface area (Å²) in [5.74, 6) is -2.03. The number of carbonyl (C=O) groups is 1. The summed E-state index contributed by atoms with van der Waals surface area (Å²) in [5.41, 5.74) is -1.70. The maximum absolute atomic E-state index is 15.1. The van der Waals surface area contributed by atoms with Crippen molar-refractivity contribution in [3.05, 3.63) is 58.4 Å². The molecule has 0 unspecified atom stereocenters. The van der Waals surface area contributed by atoms with Gasteiger partial charge in [0.1, 0.15) is 39.5 Å². The molecule has 0 aliphatic carbocycles. The third-order valence-corrected chi connectivity index (χ3v) is 9.66. The van der Waals surface area contributed by atoms with E-state index in [9.17, 15) is 27.8 Å². The number of rotatable bonds is 4. The van der Waals surface area contributed by atoms with E-state index < -0.39 is 56.4 Å². The zero-order chi connectivity index (χ0) is 24.9. The van der Waals surface area contributed by atoms with E-state index in [1.807, 2.05) is 5.32 Å². The van der Waals surface area contributed by atoms with Gasteiger partial charge in [0.2, 0.25) is 0 Å². The molecule has 182 valence electrons. The zero-order valence-electron chi connectivity index (χ0n) is 17.7. The third kappa shape index (κ3) is 3.74. The molecule has 4 N–H and O–H groups in total. The number of hydrogen-bond donors (Lipinski definition) is 4. The summed E-state index contributed by atoms with van der Waals surface area (Å²) >= 11 is 5.66. The molecule has 2 aliphatic heterocycles. The number of nitrogens with zero attached hydrogens (tertiary/aromatic N) is 3. The van der Waals surface area contributed by atoms with Gasteiger partial charge in [-0.05, 0) is 43.5 Å². The lowest BCUT2D eigenvalue weighted by Gasteiger charge is -2.55. The number of carboxylic acid groups (broad SMARTS) is 1. The standard InChI is InChI=1S/C21H20ClF3N4O4S/c1-20(16-4-5-21(10-23,34(16,32)33)18(29-20)28-19(30)31)12-6-11(2-3-13(12)24)7-14(25)15-8-27-17(22)9-26-15/h2-3,6-9,16,32-33H,4-5,10H2,1H3,(H,28,29)(H,30,31)/b14-7-/t16-,20+,21-/m0/s1. The molecule has 3 atom stereocenters. The summed E-state index contributed by atoms with van der Waals surface area (Å²) in [6.07, 6.45) is 1.77. The highest BCUT2D eigenvalue weighted by molar-refractivity contribution is 8.26. The summed E-state index contributed by atoms with van der Waals surface area (Å²) in [6, 6.07) is 3.63. The molecule has 0 spiro atoms. The van der Waals surface area contributed by atoms with Crippen LogP contribution in [0.3, 0.4) is 0 Å². The average molecular weight is 517 g/mol. The van der Waals surface area contributed by atoms with Crippen LogP contribution in [0.25, 0.3) is 11.9 Å². The molecule has 1 saturated heterocycles. The van der Waals surface area contributed by atoms with Crippen LogP contribution in [0.2, 0.25) is 5.15 Å². The molecule has 2 bridgehead atoms. The van der Waals surface area contributed by atoms with Crippen LogP contribution in [-0.2, 0) is 5.54 Å². The normalized spacial score (nSPS) is 28.9. The van der Waals surface area contributed by atoms with Crippen molar-refractivity contribution in [3.63, 3.8) is 0 Å². The first-order chi connectivity index (χ1) is 15.9. The highest BCUT2D eigenvalue weighted by atomic mass is 35.5. The zero-order valence-corrected chi connectivity index (χ0v) is 19.2. The molecule has 3 heterocycles. The predicted octanol–water partition coefficient (Wildman–Crippen LogP) is 5.25. The largest absolute Gasteiger partial charge is 0.465 e. The maximum Gasteiger partial charge on any atom is 0.410 e. The highest BCUT2D eigenvalue weighted by Crippen LogP contribution is 2.72. The first kappa shape index (κ1) is 24.5. The minimum absolute atomic E-state index is 0.0608. The number of fused-ring (bicyclic) bond motifs is 2. The molecular formula is C21H20ClF3N4O4S. The van der Waals surface area contributed by atoms with Gasteiger partial charge in [0.05, 0.1) is 17.6 Å². The molecular weight excluding hydrogens is 497 g/mol. The molecule has 0 saturated carbocycles. The van der Waals surface area contributed by atoms with Gasteiger partial charge < -0.3 is 5.11 Å². The van der Waals surface area contributed by atoms with Crippen molar-refractivity contribution in [1.29, 1.82) is 0 Å². The number of aromatic nitrogens is 2. The molecule has 1 fully saturated rings. The Hall–Kier alpha value is -2.67. The lowest BCUT2D eigenvalue weighted by atomic mass is 9.86. The summed E-state index contributed by atoms with van der Waals surface area (Å²) in [5, 5.41) is 10.2. The van der Waals surface area contributed by atoms with Crippen molar-refractivity contribution in [2.24, 2.45) is 4.99 Å². The van der Waals surface area contributed by atoms with E-state index in [0.29, 0.717) is 0 Å². The third-order valence-electron chi connectivity index (χ3n) is 6.32. The number of amides is 1. The fourth-order valence-electron chi connectivity index (χ4n) is 4.58. The van der Waals surface area contributed by atoms with Gasteiger partial charge in [-0.15, -0.1) is 0 Å². The smallest absolute Gasteiger partial charge is 0.410 e. The van der Waals surface area contributed by atoms with Crippen LogP contribution in [0.4, 0.5) is 18.0 Å². The van der Waals surface area contributed by atoms with Crippen LogP contribution in [0.15, 0.2) is 35.6 Å². The summed E-state index contributed by atoms with van der Waals surface area (Å²) in [7, 11) is -3.81. The molecule has 1 aromatic carbocycles. The Morgan fingerprint density at radius 1 is 1.35 bits per heavy atom. The second kappa shape index (κ2) is 8.52. The van der Waals surface area contributed by atoms with Crippen molar-refractivity contribution < 1.29 is 32.2 Å². The highest BCUT2D eigenvalue weighted by Gasteiger charge is 2.66. The predicted molar refractivity (Wildman–Crippen MR) is 123 cm³/mol. The SMILES string of the molecule is C[C@]1(c2cc(/C=C(\F)c3cnc(Cl)cn3)ccc2F)N=C(NC(=O)O)[C@@]2(CF)CC[C@@H]1S2(O)O. The van der Waals surface area contributed by atoms with Crippen LogP contribution >= 0.6 is 22.2 Å². The van der Waals surface area contributed by atoms with Crippen molar-refractivity contribution in [2.75, 3.05) is 6.67 Å². The van der Waals surface area contributed by atoms with Crippen molar-refractivity contribution in [1.82, 2.24) is 15.3 Å². The van der Waals surface area contributed by atoms with Gasteiger partial charge in [-0.1, -0.05) is 17.7 Å². The number of alkyl halides is 1. The summed E-state index contributed by atoms with van der Waals surface area (Å²) in [4.78, 5) is 23.3. The van der Waals surface area contributed by atoms with Gasteiger partial charge in [-0.3, -0.25) is 19.4 Å². The number of hydrogen-bond acceptors (Lipinski definition) is 6. The van der Waals surface area contributed by atoms with Crippen LogP contribution in [0.1, 0.15) is 36.6 Å². The minimum atomic E-state index is -3.81. The van der Waals surface area contributed by atoms with Crippen LogP contribution in [0, 0.1) is 5.82 Å². The summed E-state index contributed by atoms with van der Waals surface area (Å²) in [6.45, 7) is 0.162. The quantitative estimate of drug-likeness (QED) is 0.439. The van der Waals surface area contributed by atoms with E-state index in [4.69, 9.17) is 11.6 Å². The number of amidine groups is 1.